The van der Waals surface area contributed by atoms with Gasteiger partial charge in [-0.1, -0.05) is 13.3 Å². The molecule has 0 heterocycles. The number of hydrogen-bond donors (Lipinski definition) is 1. The number of carbonyl (C=O) groups is 1. The Hall–Kier alpha value is -0.510. The quantitative estimate of drug-likeness (QED) is 0.709. The Labute approximate surface area is 85.4 Å². The van der Waals surface area contributed by atoms with Crippen LogP contribution in [0.2, 0.25) is 0 Å². The maximum absolute atomic E-state index is 11.8. The first-order chi connectivity index (χ1) is 6.54. The zero-order valence-corrected chi connectivity index (χ0v) is 9.31. The summed E-state index contributed by atoms with van der Waals surface area (Å²) in [6.07, 6.45) is 3.90. The Morgan fingerprint density at radius 1 is 1.57 bits per heavy atom. The van der Waals surface area contributed by atoms with Gasteiger partial charge in [0.2, 0.25) is 5.91 Å². The normalized spacial score (nSPS) is 34.6. The summed E-state index contributed by atoms with van der Waals surface area (Å²) >= 11 is 0. The molecule has 0 aromatic carbocycles. The molecule has 3 atom stereocenters. The molecule has 0 saturated heterocycles. The number of carbonyl (C=O) groups excluding carboxylic acids is 1. The summed E-state index contributed by atoms with van der Waals surface area (Å²) in [5, 5.41) is 0.144. The van der Waals surface area contributed by atoms with Crippen molar-refractivity contribution in [3.8, 4) is 0 Å². The maximum atomic E-state index is 11.8. The molecule has 0 aliphatic heterocycles. The summed E-state index contributed by atoms with van der Waals surface area (Å²) in [5.41, 5.74) is 0. The van der Waals surface area contributed by atoms with Gasteiger partial charge in [0.05, 0.1) is 9.71 Å². The van der Waals surface area contributed by atoms with Crippen LogP contribution in [-0.4, -0.2) is 21.2 Å². The van der Waals surface area contributed by atoms with E-state index in [1.807, 2.05) is 0 Å². The first-order valence-corrected chi connectivity index (χ1v) is 7.01. The Morgan fingerprint density at radius 2 is 2.21 bits per heavy atom. The van der Waals surface area contributed by atoms with Gasteiger partial charge in [0.1, 0.15) is 0 Å². The number of nitrogens with one attached hydrogen (secondary N) is 1. The second kappa shape index (κ2) is 3.26. The van der Waals surface area contributed by atoms with Crippen LogP contribution in [0.15, 0.2) is 0 Å². The van der Waals surface area contributed by atoms with E-state index >= 15 is 0 Å². The SMILES string of the molecule is C=S(=O)(NC(=O)[C@H]1C[C@H]1CC)C1CC1. The monoisotopic (exact) mass is 215 g/mol. The fraction of sp³-hybridized carbons (Fsp3) is 0.800. The van der Waals surface area contributed by atoms with Gasteiger partial charge < -0.3 is 0 Å². The molecule has 14 heavy (non-hydrogen) atoms. The van der Waals surface area contributed by atoms with Crippen LogP contribution in [0.3, 0.4) is 0 Å². The van der Waals surface area contributed by atoms with Crippen molar-refractivity contribution < 1.29 is 9.00 Å². The van der Waals surface area contributed by atoms with Gasteiger partial charge in [0.25, 0.3) is 0 Å². The van der Waals surface area contributed by atoms with E-state index < -0.39 is 9.71 Å². The highest BCUT2D eigenvalue weighted by atomic mass is 32.2. The highest BCUT2D eigenvalue weighted by Gasteiger charge is 2.43. The first-order valence-electron chi connectivity index (χ1n) is 5.22. The van der Waals surface area contributed by atoms with Crippen LogP contribution in [0.5, 0.6) is 0 Å². The van der Waals surface area contributed by atoms with E-state index in [2.05, 4.69) is 17.5 Å². The molecule has 2 rings (SSSR count). The molecule has 80 valence electrons. The largest absolute Gasteiger partial charge is 0.283 e. The minimum Gasteiger partial charge on any atom is -0.283 e. The van der Waals surface area contributed by atoms with E-state index in [1.54, 1.807) is 0 Å². The van der Waals surface area contributed by atoms with Gasteiger partial charge in [-0.05, 0) is 31.1 Å². The fourth-order valence-corrected chi connectivity index (χ4v) is 3.35. The Balaban J connectivity index is 1.89. The molecule has 1 N–H and O–H groups in total. The van der Waals surface area contributed by atoms with Crippen molar-refractivity contribution in [1.82, 2.24) is 4.72 Å². The lowest BCUT2D eigenvalue weighted by atomic mass is 10.2. The number of rotatable bonds is 4. The summed E-state index contributed by atoms with van der Waals surface area (Å²) < 4.78 is 14.5. The van der Waals surface area contributed by atoms with E-state index in [0.717, 1.165) is 25.7 Å². The third-order valence-electron chi connectivity index (χ3n) is 3.12. The summed E-state index contributed by atoms with van der Waals surface area (Å²) in [7, 11) is -2.32. The van der Waals surface area contributed by atoms with Gasteiger partial charge in [0, 0.05) is 11.2 Å². The van der Waals surface area contributed by atoms with Crippen LogP contribution in [0.4, 0.5) is 0 Å². The lowest BCUT2D eigenvalue weighted by Crippen LogP contribution is -2.34. The van der Waals surface area contributed by atoms with Crippen molar-refractivity contribution >= 4 is 21.5 Å². The van der Waals surface area contributed by atoms with E-state index in [-0.39, 0.29) is 17.1 Å². The van der Waals surface area contributed by atoms with Gasteiger partial charge in [0.15, 0.2) is 0 Å². The number of amides is 1. The highest BCUT2D eigenvalue weighted by Crippen LogP contribution is 2.41. The van der Waals surface area contributed by atoms with Gasteiger partial charge in [-0.2, -0.15) is 0 Å². The van der Waals surface area contributed by atoms with E-state index in [1.165, 1.54) is 0 Å². The zero-order valence-electron chi connectivity index (χ0n) is 8.49. The van der Waals surface area contributed by atoms with Gasteiger partial charge in [-0.3, -0.25) is 9.52 Å². The molecule has 3 nitrogen and oxygen atoms in total. The van der Waals surface area contributed by atoms with Crippen molar-refractivity contribution in [2.45, 2.75) is 37.9 Å². The third-order valence-corrected chi connectivity index (χ3v) is 5.21. The molecular formula is C10H17NO2S. The van der Waals surface area contributed by atoms with Crippen molar-refractivity contribution in [2.75, 3.05) is 0 Å². The molecule has 0 spiro atoms. The van der Waals surface area contributed by atoms with Crippen LogP contribution >= 0.6 is 0 Å². The van der Waals surface area contributed by atoms with Gasteiger partial charge in [-0.15, -0.1) is 0 Å². The topological polar surface area (TPSA) is 46.2 Å². The standard InChI is InChI=1S/C10H17NO2S/c1-3-7-6-9(7)10(12)11-14(2,13)8-4-5-8/h7-9H,2-6H2,1H3,(H,11,12,13)/t7-,9+,14?/m1/s1. The smallest absolute Gasteiger partial charge is 0.234 e. The Kier molecular flexibility index (Phi) is 2.33. The van der Waals surface area contributed by atoms with Crippen LogP contribution in [0.1, 0.15) is 32.6 Å². The molecule has 2 aliphatic carbocycles. The van der Waals surface area contributed by atoms with E-state index in [4.69, 9.17) is 0 Å². The molecule has 0 bridgehead atoms. The summed E-state index contributed by atoms with van der Waals surface area (Å²) in [5.74, 6) is 4.22. The fourth-order valence-electron chi connectivity index (χ4n) is 1.80. The third kappa shape index (κ3) is 1.95. The molecule has 2 fully saturated rings. The molecule has 4 heteroatoms. The molecular weight excluding hydrogens is 198 g/mol. The second-order valence-electron chi connectivity index (χ2n) is 4.40. The van der Waals surface area contributed by atoms with Crippen LogP contribution in [0.25, 0.3) is 0 Å². The number of hydrogen-bond acceptors (Lipinski definition) is 2. The lowest BCUT2D eigenvalue weighted by Gasteiger charge is -2.09. The zero-order chi connectivity index (χ0) is 10.3. The molecule has 0 aromatic heterocycles. The molecule has 1 unspecified atom stereocenters. The highest BCUT2D eigenvalue weighted by molar-refractivity contribution is 7.99. The average Bonchev–Trinajstić information content (AvgIpc) is 2.98. The minimum atomic E-state index is -2.32. The molecule has 0 radical (unpaired) electrons. The minimum absolute atomic E-state index is 0.0382. The van der Waals surface area contributed by atoms with E-state index in [9.17, 15) is 9.00 Å². The lowest BCUT2D eigenvalue weighted by molar-refractivity contribution is -0.120. The second-order valence-corrected chi connectivity index (χ2v) is 6.73. The van der Waals surface area contributed by atoms with Crippen LogP contribution in [-0.2, 0) is 14.5 Å². The Bertz CT molecular complexity index is 343. The molecule has 2 saturated carbocycles. The predicted octanol–water partition coefficient (Wildman–Crippen LogP) is 0.942. The van der Waals surface area contributed by atoms with Crippen molar-refractivity contribution in [1.29, 1.82) is 0 Å². The van der Waals surface area contributed by atoms with Crippen LogP contribution < -0.4 is 4.72 Å². The van der Waals surface area contributed by atoms with E-state index in [0.29, 0.717) is 5.92 Å². The molecule has 2 aliphatic rings. The first kappa shape index (κ1) is 10.0. The average molecular weight is 215 g/mol. The predicted molar refractivity (Wildman–Crippen MR) is 58.3 cm³/mol. The van der Waals surface area contributed by atoms with Crippen molar-refractivity contribution in [3.05, 3.63) is 0 Å². The van der Waals surface area contributed by atoms with Crippen LogP contribution in [0, 0.1) is 11.8 Å². The summed E-state index contributed by atoms with van der Waals surface area (Å²) in [4.78, 5) is 11.6. The van der Waals surface area contributed by atoms with Crippen molar-refractivity contribution in [3.63, 3.8) is 0 Å². The summed E-state index contributed by atoms with van der Waals surface area (Å²) in [6.45, 7) is 2.08. The molecule has 0 aromatic rings. The van der Waals surface area contributed by atoms with Gasteiger partial charge >= 0.3 is 0 Å². The summed E-state index contributed by atoms with van der Waals surface area (Å²) in [6, 6.07) is 0. The van der Waals surface area contributed by atoms with Gasteiger partial charge in [-0.25, -0.2) is 4.21 Å². The van der Waals surface area contributed by atoms with Crippen molar-refractivity contribution in [2.24, 2.45) is 11.8 Å². The maximum Gasteiger partial charge on any atom is 0.234 e. The Morgan fingerprint density at radius 3 is 2.64 bits per heavy atom. The molecule has 1 amide bonds.